The Kier molecular flexibility index (Phi) is 5.48. The van der Waals surface area contributed by atoms with Crippen molar-refractivity contribution in [1.82, 2.24) is 0 Å². The number of anilines is 1. The Balaban J connectivity index is 2.62. The van der Waals surface area contributed by atoms with Crippen molar-refractivity contribution in [1.29, 1.82) is 0 Å². The summed E-state index contributed by atoms with van der Waals surface area (Å²) in [6, 6.07) is 5.58. The second-order valence-corrected chi connectivity index (χ2v) is 5.90. The van der Waals surface area contributed by atoms with E-state index in [1.165, 1.54) is 0 Å². The summed E-state index contributed by atoms with van der Waals surface area (Å²) in [5.74, 6) is 1.46. The van der Waals surface area contributed by atoms with Crippen molar-refractivity contribution in [2.75, 3.05) is 26.1 Å². The third kappa shape index (κ3) is 5.83. The minimum Gasteiger partial charge on any atom is -0.497 e. The van der Waals surface area contributed by atoms with Crippen LogP contribution >= 0.6 is 0 Å². The van der Waals surface area contributed by atoms with Crippen LogP contribution in [-0.2, 0) is 0 Å². The molecule has 0 aliphatic heterocycles. The first-order valence-electron chi connectivity index (χ1n) is 6.49. The first-order valence-corrected chi connectivity index (χ1v) is 6.49. The summed E-state index contributed by atoms with van der Waals surface area (Å²) in [4.78, 5) is 0. The number of hydrogen-bond acceptors (Lipinski definition) is 4. The molecule has 0 unspecified atom stereocenters. The van der Waals surface area contributed by atoms with Gasteiger partial charge in [-0.25, -0.2) is 0 Å². The number of nitrogens with one attached hydrogen (secondary N) is 1. The quantitative estimate of drug-likeness (QED) is 0.832. The van der Waals surface area contributed by atoms with Gasteiger partial charge in [0, 0.05) is 30.4 Å². The standard InChI is InChI=1S/C15H25NO3/c1-15(2,3)9-12(17)10-16-11-6-13(18-4)8-14(7-11)19-5/h6-8,12,16-17H,9-10H2,1-5H3/t12-/m1/s1. The van der Waals surface area contributed by atoms with Crippen LogP contribution in [0, 0.1) is 5.41 Å². The van der Waals surface area contributed by atoms with Crippen molar-refractivity contribution in [2.45, 2.75) is 33.3 Å². The van der Waals surface area contributed by atoms with E-state index >= 15 is 0 Å². The molecule has 0 saturated heterocycles. The SMILES string of the molecule is COc1cc(NC[C@H](O)CC(C)(C)C)cc(OC)c1. The summed E-state index contributed by atoms with van der Waals surface area (Å²) >= 11 is 0. The summed E-state index contributed by atoms with van der Waals surface area (Å²) in [7, 11) is 3.24. The van der Waals surface area contributed by atoms with Gasteiger partial charge in [-0.05, 0) is 11.8 Å². The van der Waals surface area contributed by atoms with Gasteiger partial charge in [-0.2, -0.15) is 0 Å². The normalized spacial score (nSPS) is 12.9. The first-order chi connectivity index (χ1) is 8.84. The van der Waals surface area contributed by atoms with E-state index in [0.29, 0.717) is 6.54 Å². The third-order valence-corrected chi connectivity index (χ3v) is 2.74. The fourth-order valence-corrected chi connectivity index (χ4v) is 1.92. The predicted octanol–water partition coefficient (Wildman–Crippen LogP) is 2.91. The van der Waals surface area contributed by atoms with Crippen LogP contribution in [0.3, 0.4) is 0 Å². The molecule has 0 aromatic heterocycles. The molecule has 108 valence electrons. The van der Waals surface area contributed by atoms with Gasteiger partial charge in [0.1, 0.15) is 11.5 Å². The largest absolute Gasteiger partial charge is 0.497 e. The minimum absolute atomic E-state index is 0.118. The molecular weight excluding hydrogens is 242 g/mol. The molecule has 1 aromatic rings. The van der Waals surface area contributed by atoms with E-state index in [9.17, 15) is 5.11 Å². The number of aliphatic hydroxyl groups is 1. The number of rotatable bonds is 6. The van der Waals surface area contributed by atoms with Crippen molar-refractivity contribution in [3.8, 4) is 11.5 Å². The Bertz CT molecular complexity index is 377. The van der Waals surface area contributed by atoms with E-state index in [0.717, 1.165) is 23.6 Å². The highest BCUT2D eigenvalue weighted by atomic mass is 16.5. The molecule has 19 heavy (non-hydrogen) atoms. The number of hydrogen-bond donors (Lipinski definition) is 2. The van der Waals surface area contributed by atoms with Crippen LogP contribution in [0.2, 0.25) is 0 Å². The van der Waals surface area contributed by atoms with Crippen molar-refractivity contribution in [2.24, 2.45) is 5.41 Å². The van der Waals surface area contributed by atoms with Gasteiger partial charge in [0.15, 0.2) is 0 Å². The average Bonchev–Trinajstić information content (AvgIpc) is 2.33. The van der Waals surface area contributed by atoms with Crippen molar-refractivity contribution >= 4 is 5.69 Å². The first kappa shape index (κ1) is 15.6. The molecule has 2 N–H and O–H groups in total. The molecule has 0 saturated carbocycles. The van der Waals surface area contributed by atoms with Crippen LogP contribution in [0.15, 0.2) is 18.2 Å². The number of methoxy groups -OCH3 is 2. The lowest BCUT2D eigenvalue weighted by Crippen LogP contribution is -2.25. The van der Waals surface area contributed by atoms with Crippen molar-refractivity contribution in [3.63, 3.8) is 0 Å². The van der Waals surface area contributed by atoms with E-state index in [4.69, 9.17) is 9.47 Å². The summed E-state index contributed by atoms with van der Waals surface area (Å²) in [6.45, 7) is 6.86. The van der Waals surface area contributed by atoms with Crippen molar-refractivity contribution < 1.29 is 14.6 Å². The lowest BCUT2D eigenvalue weighted by molar-refractivity contribution is 0.132. The van der Waals surface area contributed by atoms with E-state index < -0.39 is 0 Å². The van der Waals surface area contributed by atoms with Crippen LogP contribution in [0.25, 0.3) is 0 Å². The van der Waals surface area contributed by atoms with Gasteiger partial charge in [0.05, 0.1) is 20.3 Å². The molecule has 0 radical (unpaired) electrons. The Morgan fingerprint density at radius 2 is 1.63 bits per heavy atom. The lowest BCUT2D eigenvalue weighted by atomic mass is 9.89. The maximum atomic E-state index is 9.97. The highest BCUT2D eigenvalue weighted by molar-refractivity contribution is 5.53. The maximum absolute atomic E-state index is 9.97. The monoisotopic (exact) mass is 267 g/mol. The van der Waals surface area contributed by atoms with Crippen LogP contribution < -0.4 is 14.8 Å². The maximum Gasteiger partial charge on any atom is 0.124 e. The zero-order valence-corrected chi connectivity index (χ0v) is 12.5. The Morgan fingerprint density at radius 1 is 1.11 bits per heavy atom. The molecule has 0 spiro atoms. The van der Waals surface area contributed by atoms with Gasteiger partial charge < -0.3 is 19.9 Å². The Hall–Kier alpha value is -1.42. The fourth-order valence-electron chi connectivity index (χ4n) is 1.92. The molecule has 1 atom stereocenters. The Labute approximate surface area is 115 Å². The van der Waals surface area contributed by atoms with Gasteiger partial charge in [0.2, 0.25) is 0 Å². The van der Waals surface area contributed by atoms with Gasteiger partial charge in [-0.3, -0.25) is 0 Å². The van der Waals surface area contributed by atoms with Gasteiger partial charge >= 0.3 is 0 Å². The number of ether oxygens (including phenoxy) is 2. The summed E-state index contributed by atoms with van der Waals surface area (Å²) in [5.41, 5.74) is 0.997. The molecule has 0 aliphatic carbocycles. The lowest BCUT2D eigenvalue weighted by Gasteiger charge is -2.23. The van der Waals surface area contributed by atoms with Crippen LogP contribution in [0.1, 0.15) is 27.2 Å². The van der Waals surface area contributed by atoms with E-state index in [2.05, 4.69) is 26.1 Å². The molecule has 4 heteroatoms. The summed E-state index contributed by atoms with van der Waals surface area (Å²) in [5, 5.41) is 13.2. The highest BCUT2D eigenvalue weighted by Crippen LogP contribution is 2.26. The zero-order chi connectivity index (χ0) is 14.5. The molecule has 0 aliphatic rings. The number of aliphatic hydroxyl groups excluding tert-OH is 1. The molecule has 0 fully saturated rings. The molecule has 0 bridgehead atoms. The zero-order valence-electron chi connectivity index (χ0n) is 12.5. The topological polar surface area (TPSA) is 50.7 Å². The second kappa shape index (κ2) is 6.66. The molecular formula is C15H25NO3. The number of benzene rings is 1. The molecule has 0 heterocycles. The molecule has 4 nitrogen and oxygen atoms in total. The van der Waals surface area contributed by atoms with Crippen molar-refractivity contribution in [3.05, 3.63) is 18.2 Å². The van der Waals surface area contributed by atoms with Gasteiger partial charge in [0.25, 0.3) is 0 Å². The second-order valence-electron chi connectivity index (χ2n) is 5.90. The van der Waals surface area contributed by atoms with E-state index in [1.54, 1.807) is 14.2 Å². The smallest absolute Gasteiger partial charge is 0.124 e. The third-order valence-electron chi connectivity index (χ3n) is 2.74. The van der Waals surface area contributed by atoms with E-state index in [-0.39, 0.29) is 11.5 Å². The average molecular weight is 267 g/mol. The van der Waals surface area contributed by atoms with Gasteiger partial charge in [-0.15, -0.1) is 0 Å². The summed E-state index contributed by atoms with van der Waals surface area (Å²) < 4.78 is 10.4. The predicted molar refractivity (Wildman–Crippen MR) is 78.1 cm³/mol. The summed E-state index contributed by atoms with van der Waals surface area (Å²) in [6.07, 6.45) is 0.373. The van der Waals surface area contributed by atoms with E-state index in [1.807, 2.05) is 18.2 Å². The van der Waals surface area contributed by atoms with Gasteiger partial charge in [-0.1, -0.05) is 20.8 Å². The highest BCUT2D eigenvalue weighted by Gasteiger charge is 2.16. The minimum atomic E-state index is -0.378. The molecule has 1 aromatic carbocycles. The molecule has 1 rings (SSSR count). The van der Waals surface area contributed by atoms with Crippen LogP contribution in [0.4, 0.5) is 5.69 Å². The van der Waals surface area contributed by atoms with Crippen LogP contribution in [-0.4, -0.2) is 32.0 Å². The van der Waals surface area contributed by atoms with Crippen LogP contribution in [0.5, 0.6) is 11.5 Å². The Morgan fingerprint density at radius 3 is 2.05 bits per heavy atom. The molecule has 0 amide bonds. The fraction of sp³-hybridized carbons (Fsp3) is 0.600.